The number of amides is 2. The van der Waals surface area contributed by atoms with Crippen molar-refractivity contribution < 1.29 is 14.4 Å². The molecule has 152 valence electrons. The van der Waals surface area contributed by atoms with E-state index in [0.717, 1.165) is 64.1 Å². The van der Waals surface area contributed by atoms with Gasteiger partial charge in [0.1, 0.15) is 12.3 Å². The average molecular weight is 369 g/mol. The van der Waals surface area contributed by atoms with Gasteiger partial charge in [0, 0.05) is 5.92 Å². The number of hydrogen-bond acceptors (Lipinski definition) is 3. The van der Waals surface area contributed by atoms with Crippen molar-refractivity contribution in [2.75, 3.05) is 0 Å². The number of hydrogen-bond donors (Lipinski definition) is 2. The predicted molar refractivity (Wildman–Crippen MR) is 107 cm³/mol. The summed E-state index contributed by atoms with van der Waals surface area (Å²) in [4.78, 5) is 36.3. The Bertz CT molecular complexity index is 399. The smallest absolute Gasteiger partial charge is 0.243 e. The molecule has 2 amide bonds. The molecule has 3 unspecified atom stereocenters. The van der Waals surface area contributed by atoms with Crippen molar-refractivity contribution in [1.82, 2.24) is 10.6 Å². The van der Waals surface area contributed by atoms with Crippen LogP contribution in [0.25, 0.3) is 0 Å². The lowest BCUT2D eigenvalue weighted by Gasteiger charge is -2.22. The van der Waals surface area contributed by atoms with Crippen LogP contribution in [0.3, 0.4) is 0 Å². The molecule has 0 saturated carbocycles. The molecule has 0 aromatic rings. The second-order valence-electron chi connectivity index (χ2n) is 7.35. The molecule has 0 heterocycles. The molecule has 0 rings (SSSR count). The first-order chi connectivity index (χ1) is 12.5. The summed E-state index contributed by atoms with van der Waals surface area (Å²) in [6, 6.07) is -1.01. The number of carbonyl (C=O) groups excluding carboxylic acids is 3. The number of unbranched alkanes of at least 4 members (excludes halogenated alkanes) is 5. The van der Waals surface area contributed by atoms with Crippen molar-refractivity contribution in [3.8, 4) is 0 Å². The molecule has 5 nitrogen and oxygen atoms in total. The van der Waals surface area contributed by atoms with Gasteiger partial charge in [0.25, 0.3) is 0 Å². The lowest BCUT2D eigenvalue weighted by atomic mass is 10.0. The molecule has 3 atom stereocenters. The van der Waals surface area contributed by atoms with Gasteiger partial charge in [0.15, 0.2) is 0 Å². The molecule has 26 heavy (non-hydrogen) atoms. The second-order valence-corrected chi connectivity index (χ2v) is 7.35. The third kappa shape index (κ3) is 11.3. The molecule has 0 aliphatic heterocycles. The van der Waals surface area contributed by atoms with E-state index < -0.39 is 12.1 Å². The fourth-order valence-electron chi connectivity index (χ4n) is 2.89. The van der Waals surface area contributed by atoms with Crippen molar-refractivity contribution in [2.24, 2.45) is 5.92 Å². The molecule has 2 N–H and O–H groups in total. The van der Waals surface area contributed by atoms with Crippen LogP contribution in [0.1, 0.15) is 98.3 Å². The van der Waals surface area contributed by atoms with Crippen LogP contribution in [0.15, 0.2) is 0 Å². The van der Waals surface area contributed by atoms with Crippen LogP contribution in [-0.4, -0.2) is 30.2 Å². The van der Waals surface area contributed by atoms with Gasteiger partial charge >= 0.3 is 0 Å². The van der Waals surface area contributed by atoms with E-state index in [1.165, 1.54) is 0 Å². The quantitative estimate of drug-likeness (QED) is 0.317. The molecule has 0 bridgehead atoms. The van der Waals surface area contributed by atoms with Gasteiger partial charge < -0.3 is 15.4 Å². The Balaban J connectivity index is 4.72. The molecule has 0 aromatic carbocycles. The summed E-state index contributed by atoms with van der Waals surface area (Å²) in [6.07, 6.45) is 11.0. The van der Waals surface area contributed by atoms with E-state index >= 15 is 0 Å². The van der Waals surface area contributed by atoms with E-state index in [4.69, 9.17) is 0 Å². The first-order valence-corrected chi connectivity index (χ1v) is 10.6. The van der Waals surface area contributed by atoms with Crippen LogP contribution < -0.4 is 10.6 Å². The largest absolute Gasteiger partial charge is 0.345 e. The SMILES string of the molecule is CCCCCC(C)C(=O)NC(CCCCC)C(=O)NC(C=O)CCCC. The third-order valence-electron chi connectivity index (χ3n) is 4.78. The summed E-state index contributed by atoms with van der Waals surface area (Å²) in [7, 11) is 0. The van der Waals surface area contributed by atoms with Crippen molar-refractivity contribution >= 4 is 18.1 Å². The Morgan fingerprint density at radius 1 is 0.769 bits per heavy atom. The molecule has 5 heteroatoms. The van der Waals surface area contributed by atoms with Crippen LogP contribution in [0.5, 0.6) is 0 Å². The van der Waals surface area contributed by atoms with Crippen molar-refractivity contribution in [3.63, 3.8) is 0 Å². The van der Waals surface area contributed by atoms with E-state index in [1.807, 2.05) is 6.92 Å². The number of carbonyl (C=O) groups is 3. The lowest BCUT2D eigenvalue weighted by molar-refractivity contribution is -0.132. The van der Waals surface area contributed by atoms with E-state index in [1.54, 1.807) is 0 Å². The molecule has 0 saturated heterocycles. The fraction of sp³-hybridized carbons (Fsp3) is 0.857. The highest BCUT2D eigenvalue weighted by Crippen LogP contribution is 2.11. The third-order valence-corrected chi connectivity index (χ3v) is 4.78. The molecular weight excluding hydrogens is 328 g/mol. The summed E-state index contributed by atoms with van der Waals surface area (Å²) in [5.41, 5.74) is 0. The molecule has 0 fully saturated rings. The Labute approximate surface area is 160 Å². The summed E-state index contributed by atoms with van der Waals surface area (Å²) >= 11 is 0. The minimum absolute atomic E-state index is 0.0611. The molecule has 0 aromatic heterocycles. The van der Waals surface area contributed by atoms with Gasteiger partial charge in [0.05, 0.1) is 6.04 Å². The minimum atomic E-state index is -0.549. The molecule has 0 radical (unpaired) electrons. The van der Waals surface area contributed by atoms with Gasteiger partial charge in [-0.3, -0.25) is 9.59 Å². The standard InChI is InChI=1S/C21H40N2O3/c1-5-8-11-13-17(4)20(25)23-19(15-12-9-6-2)21(26)22-18(16-24)14-10-7-3/h16-19H,5-15H2,1-4H3,(H,22,26)(H,23,25). The van der Waals surface area contributed by atoms with Crippen LogP contribution in [0.2, 0.25) is 0 Å². The van der Waals surface area contributed by atoms with Gasteiger partial charge in [-0.15, -0.1) is 0 Å². The Kier molecular flexibility index (Phi) is 15.0. The zero-order chi connectivity index (χ0) is 19.8. The number of aldehydes is 1. The van der Waals surface area contributed by atoms with E-state index in [9.17, 15) is 14.4 Å². The van der Waals surface area contributed by atoms with Crippen molar-refractivity contribution in [3.05, 3.63) is 0 Å². The van der Waals surface area contributed by atoms with Gasteiger partial charge in [-0.05, 0) is 19.3 Å². The van der Waals surface area contributed by atoms with E-state index in [-0.39, 0.29) is 17.7 Å². The van der Waals surface area contributed by atoms with Gasteiger partial charge in [-0.2, -0.15) is 0 Å². The Hall–Kier alpha value is -1.39. The summed E-state index contributed by atoms with van der Waals surface area (Å²) in [5.74, 6) is -0.387. The zero-order valence-corrected chi connectivity index (χ0v) is 17.3. The predicted octanol–water partition coefficient (Wildman–Crippen LogP) is 4.14. The van der Waals surface area contributed by atoms with Crippen molar-refractivity contribution in [1.29, 1.82) is 0 Å². The molecule has 0 aliphatic carbocycles. The molecule has 0 aliphatic rings. The van der Waals surface area contributed by atoms with Crippen LogP contribution in [0.4, 0.5) is 0 Å². The maximum atomic E-state index is 12.6. The number of nitrogens with one attached hydrogen (secondary N) is 2. The topological polar surface area (TPSA) is 75.3 Å². The highest BCUT2D eigenvalue weighted by molar-refractivity contribution is 5.89. The first-order valence-electron chi connectivity index (χ1n) is 10.6. The van der Waals surface area contributed by atoms with Crippen LogP contribution in [0, 0.1) is 5.92 Å². The Morgan fingerprint density at radius 3 is 1.88 bits per heavy atom. The number of rotatable bonds is 16. The van der Waals surface area contributed by atoms with Gasteiger partial charge in [-0.25, -0.2) is 0 Å². The normalized spacial score (nSPS) is 14.3. The highest BCUT2D eigenvalue weighted by Gasteiger charge is 2.24. The second kappa shape index (κ2) is 15.8. The fourth-order valence-corrected chi connectivity index (χ4v) is 2.89. The maximum Gasteiger partial charge on any atom is 0.243 e. The summed E-state index contributed by atoms with van der Waals surface area (Å²) in [6.45, 7) is 8.22. The van der Waals surface area contributed by atoms with Crippen molar-refractivity contribution in [2.45, 2.75) is 110 Å². The van der Waals surface area contributed by atoms with Gasteiger partial charge in [0.2, 0.25) is 11.8 Å². The first kappa shape index (κ1) is 24.6. The summed E-state index contributed by atoms with van der Waals surface area (Å²) < 4.78 is 0. The van der Waals surface area contributed by atoms with Crippen LogP contribution in [-0.2, 0) is 14.4 Å². The highest BCUT2D eigenvalue weighted by atomic mass is 16.2. The Morgan fingerprint density at radius 2 is 1.35 bits per heavy atom. The molecular formula is C21H40N2O3. The lowest BCUT2D eigenvalue weighted by Crippen LogP contribution is -2.51. The van der Waals surface area contributed by atoms with Gasteiger partial charge in [-0.1, -0.05) is 79.1 Å². The zero-order valence-electron chi connectivity index (χ0n) is 17.3. The summed E-state index contributed by atoms with van der Waals surface area (Å²) in [5, 5.41) is 5.72. The average Bonchev–Trinajstić information content (AvgIpc) is 2.64. The van der Waals surface area contributed by atoms with Crippen LogP contribution >= 0.6 is 0 Å². The molecule has 0 spiro atoms. The monoisotopic (exact) mass is 368 g/mol. The van der Waals surface area contributed by atoms with E-state index in [2.05, 4.69) is 31.4 Å². The maximum absolute atomic E-state index is 12.6. The minimum Gasteiger partial charge on any atom is -0.345 e. The van der Waals surface area contributed by atoms with E-state index in [0.29, 0.717) is 12.8 Å².